The van der Waals surface area contributed by atoms with Gasteiger partial charge in [0.15, 0.2) is 0 Å². The number of rotatable bonds is 4. The summed E-state index contributed by atoms with van der Waals surface area (Å²) in [6, 6.07) is 2.18. The first-order chi connectivity index (χ1) is 8.06. The van der Waals surface area contributed by atoms with Crippen LogP contribution in [0.3, 0.4) is 0 Å². The second kappa shape index (κ2) is 5.15. The average Bonchev–Trinajstić information content (AvgIpc) is 2.22. The maximum atomic E-state index is 13.6. The standard InChI is InChI=1S/C12H15BClF2O2/c1-11(2,17)12(3,4)18-13-9-8(15)6-5-7(14)10(9)16/h5-6,17H,1-4H3. The molecule has 0 amide bonds. The Bertz CT molecular complexity index is 444. The van der Waals surface area contributed by atoms with Crippen LogP contribution in [0.1, 0.15) is 27.7 Å². The lowest BCUT2D eigenvalue weighted by atomic mass is 9.82. The summed E-state index contributed by atoms with van der Waals surface area (Å²) in [5.74, 6) is -1.66. The predicted molar refractivity (Wildman–Crippen MR) is 68.2 cm³/mol. The van der Waals surface area contributed by atoms with Crippen molar-refractivity contribution in [1.29, 1.82) is 0 Å². The molecule has 0 fully saturated rings. The van der Waals surface area contributed by atoms with Crippen molar-refractivity contribution in [3.63, 3.8) is 0 Å². The largest absolute Gasteiger partial charge is 0.426 e. The van der Waals surface area contributed by atoms with Gasteiger partial charge in [0.2, 0.25) is 0 Å². The molecule has 0 saturated heterocycles. The molecular formula is C12H15BClF2O2. The lowest BCUT2D eigenvalue weighted by molar-refractivity contribution is -0.0894. The molecule has 1 aromatic carbocycles. The van der Waals surface area contributed by atoms with Crippen molar-refractivity contribution in [3.05, 3.63) is 28.8 Å². The van der Waals surface area contributed by atoms with Gasteiger partial charge < -0.3 is 9.76 Å². The Balaban J connectivity index is 2.91. The lowest BCUT2D eigenvalue weighted by Crippen LogP contribution is -2.49. The number of hydrogen-bond donors (Lipinski definition) is 1. The number of aliphatic hydroxyl groups is 1. The summed E-state index contributed by atoms with van der Waals surface area (Å²) < 4.78 is 32.3. The van der Waals surface area contributed by atoms with Crippen LogP contribution < -0.4 is 5.46 Å². The Morgan fingerprint density at radius 1 is 1.22 bits per heavy atom. The molecule has 0 aliphatic heterocycles. The predicted octanol–water partition coefficient (Wildman–Crippen LogP) is 2.43. The first-order valence-electron chi connectivity index (χ1n) is 5.43. The molecule has 0 unspecified atom stereocenters. The van der Waals surface area contributed by atoms with E-state index in [4.69, 9.17) is 16.3 Å². The zero-order valence-corrected chi connectivity index (χ0v) is 11.5. The van der Waals surface area contributed by atoms with E-state index < -0.39 is 22.8 Å². The molecule has 18 heavy (non-hydrogen) atoms. The first kappa shape index (κ1) is 15.4. The summed E-state index contributed by atoms with van der Waals surface area (Å²) in [6.07, 6.45) is 0. The molecule has 2 nitrogen and oxygen atoms in total. The van der Waals surface area contributed by atoms with Crippen LogP contribution in [0.15, 0.2) is 12.1 Å². The summed E-state index contributed by atoms with van der Waals surface area (Å²) in [4.78, 5) is 0. The Hall–Kier alpha value is -0.645. The highest BCUT2D eigenvalue weighted by Gasteiger charge is 2.36. The van der Waals surface area contributed by atoms with Crippen LogP contribution in [-0.2, 0) is 4.65 Å². The first-order valence-corrected chi connectivity index (χ1v) is 5.81. The van der Waals surface area contributed by atoms with Crippen molar-refractivity contribution in [2.24, 2.45) is 0 Å². The van der Waals surface area contributed by atoms with Crippen molar-refractivity contribution in [1.82, 2.24) is 0 Å². The van der Waals surface area contributed by atoms with E-state index in [1.807, 2.05) is 0 Å². The molecule has 0 heterocycles. The number of halogens is 3. The lowest BCUT2D eigenvalue weighted by Gasteiger charge is -2.37. The van der Waals surface area contributed by atoms with Gasteiger partial charge in [0, 0.05) is 5.46 Å². The number of hydrogen-bond acceptors (Lipinski definition) is 2. The van der Waals surface area contributed by atoms with Crippen LogP contribution in [0, 0.1) is 11.6 Å². The molecule has 0 spiro atoms. The summed E-state index contributed by atoms with van der Waals surface area (Å²) in [5, 5.41) is 9.67. The van der Waals surface area contributed by atoms with E-state index in [1.165, 1.54) is 0 Å². The molecule has 0 aromatic heterocycles. The third-order valence-corrected chi connectivity index (χ3v) is 3.32. The quantitative estimate of drug-likeness (QED) is 0.675. The smallest absolute Gasteiger partial charge is 0.337 e. The molecule has 1 rings (SSSR count). The van der Waals surface area contributed by atoms with Gasteiger partial charge >= 0.3 is 7.48 Å². The van der Waals surface area contributed by atoms with Gasteiger partial charge in [-0.25, -0.2) is 8.78 Å². The summed E-state index contributed by atoms with van der Waals surface area (Å²) in [7, 11) is 0.939. The minimum Gasteiger partial charge on any atom is -0.426 e. The van der Waals surface area contributed by atoms with Crippen LogP contribution in [0.5, 0.6) is 0 Å². The highest BCUT2D eigenvalue weighted by molar-refractivity contribution is 6.48. The van der Waals surface area contributed by atoms with Gasteiger partial charge in [0.1, 0.15) is 11.6 Å². The van der Waals surface area contributed by atoms with Gasteiger partial charge in [-0.1, -0.05) is 11.6 Å². The summed E-state index contributed by atoms with van der Waals surface area (Å²) >= 11 is 5.56. The highest BCUT2D eigenvalue weighted by atomic mass is 35.5. The van der Waals surface area contributed by atoms with Crippen LogP contribution >= 0.6 is 11.6 Å². The van der Waals surface area contributed by atoms with Crippen molar-refractivity contribution in [3.8, 4) is 0 Å². The van der Waals surface area contributed by atoms with E-state index >= 15 is 0 Å². The fourth-order valence-electron chi connectivity index (χ4n) is 1.00. The normalized spacial score (nSPS) is 12.7. The molecule has 0 saturated carbocycles. The van der Waals surface area contributed by atoms with Crippen molar-refractivity contribution in [2.45, 2.75) is 38.9 Å². The minimum atomic E-state index is -1.17. The molecule has 0 aliphatic carbocycles. The van der Waals surface area contributed by atoms with Crippen molar-refractivity contribution >= 4 is 24.5 Å². The van der Waals surface area contributed by atoms with Crippen molar-refractivity contribution < 1.29 is 18.5 Å². The van der Waals surface area contributed by atoms with E-state index in [0.29, 0.717) is 0 Å². The molecule has 1 radical (unpaired) electrons. The van der Waals surface area contributed by atoms with E-state index in [-0.39, 0.29) is 10.5 Å². The van der Waals surface area contributed by atoms with E-state index in [1.54, 1.807) is 27.7 Å². The molecule has 6 heteroatoms. The molecule has 99 valence electrons. The molecule has 0 atom stereocenters. The summed E-state index contributed by atoms with van der Waals surface area (Å²) in [6.45, 7) is 6.32. The zero-order valence-electron chi connectivity index (χ0n) is 10.7. The fourth-order valence-corrected chi connectivity index (χ4v) is 1.17. The maximum Gasteiger partial charge on any atom is 0.337 e. The van der Waals surface area contributed by atoms with Gasteiger partial charge in [-0.05, 0) is 39.8 Å². The number of benzene rings is 1. The van der Waals surface area contributed by atoms with Crippen LogP contribution in [-0.4, -0.2) is 23.8 Å². The monoisotopic (exact) mass is 275 g/mol. The van der Waals surface area contributed by atoms with E-state index in [2.05, 4.69) is 0 Å². The van der Waals surface area contributed by atoms with Crippen molar-refractivity contribution in [2.75, 3.05) is 0 Å². The molecule has 0 bridgehead atoms. The Morgan fingerprint density at radius 3 is 2.28 bits per heavy atom. The van der Waals surface area contributed by atoms with E-state index in [9.17, 15) is 13.9 Å². The topological polar surface area (TPSA) is 29.5 Å². The van der Waals surface area contributed by atoms with Crippen LogP contribution in [0.4, 0.5) is 8.78 Å². The fraction of sp³-hybridized carbons (Fsp3) is 0.500. The van der Waals surface area contributed by atoms with Gasteiger partial charge in [-0.2, -0.15) is 0 Å². The molecule has 1 N–H and O–H groups in total. The molecule has 1 aromatic rings. The minimum absolute atomic E-state index is 0.188. The van der Waals surface area contributed by atoms with Crippen LogP contribution in [0.25, 0.3) is 0 Å². The van der Waals surface area contributed by atoms with Crippen LogP contribution in [0.2, 0.25) is 5.02 Å². The second-order valence-corrected chi connectivity index (χ2v) is 5.47. The Morgan fingerprint density at radius 2 is 1.78 bits per heavy atom. The van der Waals surface area contributed by atoms with Gasteiger partial charge in [-0.3, -0.25) is 0 Å². The average molecular weight is 276 g/mol. The Kier molecular flexibility index (Phi) is 4.41. The second-order valence-electron chi connectivity index (χ2n) is 5.06. The highest BCUT2D eigenvalue weighted by Crippen LogP contribution is 2.24. The molecular weight excluding hydrogens is 260 g/mol. The van der Waals surface area contributed by atoms with Gasteiger partial charge in [0.25, 0.3) is 0 Å². The van der Waals surface area contributed by atoms with Gasteiger partial charge in [0.05, 0.1) is 16.2 Å². The zero-order chi connectivity index (χ0) is 14.1. The van der Waals surface area contributed by atoms with Gasteiger partial charge in [-0.15, -0.1) is 0 Å². The SMILES string of the molecule is CC(C)(O)C(C)(C)O[B]c1c(F)ccc(Cl)c1F. The van der Waals surface area contributed by atoms with E-state index in [0.717, 1.165) is 19.6 Å². The molecule has 0 aliphatic rings. The Labute approximate surface area is 111 Å². The summed E-state index contributed by atoms with van der Waals surface area (Å²) in [5.41, 5.74) is -2.54. The third-order valence-electron chi connectivity index (χ3n) is 3.02. The third kappa shape index (κ3) is 3.22. The maximum absolute atomic E-state index is 13.6.